The number of nitrogens with zero attached hydrogens (tertiary/aromatic N) is 1. The summed E-state index contributed by atoms with van der Waals surface area (Å²) in [6, 6.07) is 17.2. The van der Waals surface area contributed by atoms with Crippen LogP contribution >= 0.6 is 11.3 Å². The lowest BCUT2D eigenvalue weighted by Gasteiger charge is -2.32. The number of hydrogen-bond acceptors (Lipinski definition) is 5. The van der Waals surface area contributed by atoms with Gasteiger partial charge in [0.25, 0.3) is 11.8 Å². The highest BCUT2D eigenvalue weighted by Gasteiger charge is 2.29. The Morgan fingerprint density at radius 1 is 0.971 bits per heavy atom. The number of thiazole rings is 1. The molecule has 1 aliphatic rings. The maximum Gasteiger partial charge on any atom is 0.271 e. The average molecular weight is 492 g/mol. The highest BCUT2D eigenvalue weighted by molar-refractivity contribution is 7.09. The average Bonchev–Trinajstić information content (AvgIpc) is 3.37. The Balaban J connectivity index is 1.31. The van der Waals surface area contributed by atoms with Crippen LogP contribution in [0.2, 0.25) is 0 Å². The molecule has 0 saturated heterocycles. The topological polar surface area (TPSA) is 80.3 Å². The van der Waals surface area contributed by atoms with Gasteiger partial charge in [-0.25, -0.2) is 4.98 Å². The summed E-state index contributed by atoms with van der Waals surface area (Å²) < 4.78 is 5.73. The molecule has 1 fully saturated rings. The molecule has 1 aromatic heterocycles. The van der Waals surface area contributed by atoms with Crippen LogP contribution in [0, 0.1) is 0 Å². The van der Waals surface area contributed by atoms with E-state index in [4.69, 9.17) is 4.74 Å². The smallest absolute Gasteiger partial charge is 0.271 e. The number of rotatable bonds is 10. The van der Waals surface area contributed by atoms with Crippen molar-refractivity contribution >= 4 is 23.2 Å². The zero-order chi connectivity index (χ0) is 24.5. The quantitative estimate of drug-likeness (QED) is 0.390. The fourth-order valence-electron chi connectivity index (χ4n) is 4.32. The zero-order valence-electron chi connectivity index (χ0n) is 20.2. The number of carbonyl (C=O) groups excluding carboxylic acids is 2. The molecule has 0 bridgehead atoms. The lowest BCUT2D eigenvalue weighted by molar-refractivity contribution is 0.0860. The third-order valence-corrected chi connectivity index (χ3v) is 7.15. The van der Waals surface area contributed by atoms with Gasteiger partial charge in [0, 0.05) is 23.0 Å². The van der Waals surface area contributed by atoms with Crippen LogP contribution in [0.15, 0.2) is 60.0 Å². The first-order valence-electron chi connectivity index (χ1n) is 12.5. The number of amides is 2. The predicted molar refractivity (Wildman–Crippen MR) is 139 cm³/mol. The minimum atomic E-state index is -0.210. The number of carbonyl (C=O) groups is 2. The van der Waals surface area contributed by atoms with E-state index in [9.17, 15) is 9.59 Å². The first-order chi connectivity index (χ1) is 17.1. The standard InChI is InChI=1S/C28H33N3O3S/c1-2-3-9-20-14-16-21(17-15-20)27(32)30-23-12-7-8-13-24(23)31-28(33)25-19-35-26(29-25)18-34-22-10-5-4-6-11-22/h4-6,10-11,14-17,19,23-24H,2-3,7-9,12-13,18H2,1H3,(H,30,32)(H,31,33)/t23-,24-/m0/s1. The van der Waals surface area contributed by atoms with Gasteiger partial charge >= 0.3 is 0 Å². The Bertz CT molecular complexity index is 1100. The van der Waals surface area contributed by atoms with Gasteiger partial charge in [-0.15, -0.1) is 11.3 Å². The first kappa shape index (κ1) is 24.9. The molecule has 1 saturated carbocycles. The van der Waals surface area contributed by atoms with Gasteiger partial charge in [-0.2, -0.15) is 0 Å². The molecular weight excluding hydrogens is 458 g/mol. The molecule has 2 atom stereocenters. The Morgan fingerprint density at radius 3 is 2.34 bits per heavy atom. The van der Waals surface area contributed by atoms with Crippen molar-refractivity contribution in [3.05, 3.63) is 81.8 Å². The molecule has 1 heterocycles. The highest BCUT2D eigenvalue weighted by Crippen LogP contribution is 2.21. The van der Waals surface area contributed by atoms with Crippen LogP contribution < -0.4 is 15.4 Å². The maximum absolute atomic E-state index is 12.9. The van der Waals surface area contributed by atoms with Gasteiger partial charge in [0.2, 0.25) is 0 Å². The molecule has 2 amide bonds. The van der Waals surface area contributed by atoms with Gasteiger partial charge in [-0.1, -0.05) is 56.5 Å². The van der Waals surface area contributed by atoms with E-state index in [1.54, 1.807) is 5.38 Å². The van der Waals surface area contributed by atoms with Crippen LogP contribution in [0.5, 0.6) is 5.75 Å². The number of para-hydroxylation sites is 1. The lowest BCUT2D eigenvalue weighted by Crippen LogP contribution is -2.53. The summed E-state index contributed by atoms with van der Waals surface area (Å²) in [7, 11) is 0. The molecule has 7 heteroatoms. The number of nitrogens with one attached hydrogen (secondary N) is 2. The van der Waals surface area contributed by atoms with Crippen molar-refractivity contribution < 1.29 is 14.3 Å². The summed E-state index contributed by atoms with van der Waals surface area (Å²) in [5.74, 6) is 0.468. The molecule has 2 aromatic carbocycles. The van der Waals surface area contributed by atoms with E-state index < -0.39 is 0 Å². The second-order valence-electron chi connectivity index (χ2n) is 8.97. The van der Waals surface area contributed by atoms with Crippen LogP contribution in [-0.2, 0) is 13.0 Å². The van der Waals surface area contributed by atoms with E-state index >= 15 is 0 Å². The normalized spacial score (nSPS) is 17.5. The third-order valence-electron chi connectivity index (χ3n) is 6.32. The van der Waals surface area contributed by atoms with Crippen LogP contribution in [0.25, 0.3) is 0 Å². The van der Waals surface area contributed by atoms with Crippen molar-refractivity contribution in [2.75, 3.05) is 0 Å². The minimum absolute atomic E-state index is 0.0906. The van der Waals surface area contributed by atoms with E-state index in [0.717, 1.165) is 55.7 Å². The number of ether oxygens (including phenoxy) is 1. The Morgan fingerprint density at radius 2 is 1.66 bits per heavy atom. The zero-order valence-corrected chi connectivity index (χ0v) is 21.0. The molecule has 35 heavy (non-hydrogen) atoms. The molecule has 0 spiro atoms. The van der Waals surface area contributed by atoms with Gasteiger partial charge in [-0.3, -0.25) is 9.59 Å². The molecule has 0 aliphatic heterocycles. The van der Waals surface area contributed by atoms with E-state index in [-0.39, 0.29) is 23.9 Å². The van der Waals surface area contributed by atoms with Gasteiger partial charge < -0.3 is 15.4 Å². The minimum Gasteiger partial charge on any atom is -0.486 e. The van der Waals surface area contributed by atoms with Crippen LogP contribution in [0.4, 0.5) is 0 Å². The summed E-state index contributed by atoms with van der Waals surface area (Å²) in [5.41, 5.74) is 2.30. The summed E-state index contributed by atoms with van der Waals surface area (Å²) in [6.45, 7) is 2.50. The molecular formula is C28H33N3O3S. The van der Waals surface area contributed by atoms with Crippen molar-refractivity contribution in [2.45, 2.75) is 70.6 Å². The second-order valence-corrected chi connectivity index (χ2v) is 9.92. The van der Waals surface area contributed by atoms with Gasteiger partial charge in [0.1, 0.15) is 23.1 Å². The number of unbranched alkanes of at least 4 members (excludes halogenated alkanes) is 1. The van der Waals surface area contributed by atoms with Gasteiger partial charge in [-0.05, 0) is 55.5 Å². The molecule has 6 nitrogen and oxygen atoms in total. The Hall–Kier alpha value is -3.19. The highest BCUT2D eigenvalue weighted by atomic mass is 32.1. The van der Waals surface area contributed by atoms with E-state index in [0.29, 0.717) is 17.9 Å². The fraction of sp³-hybridized carbons (Fsp3) is 0.393. The predicted octanol–water partition coefficient (Wildman–Crippen LogP) is 5.54. The molecule has 184 valence electrons. The Labute approximate surface area is 211 Å². The van der Waals surface area contributed by atoms with Gasteiger partial charge in [0.15, 0.2) is 0 Å². The number of aryl methyl sites for hydroxylation is 1. The number of aromatic nitrogens is 1. The van der Waals surface area contributed by atoms with Crippen molar-refractivity contribution in [1.29, 1.82) is 0 Å². The van der Waals surface area contributed by atoms with E-state index in [1.807, 2.05) is 54.6 Å². The van der Waals surface area contributed by atoms with Crippen molar-refractivity contribution in [2.24, 2.45) is 0 Å². The van der Waals surface area contributed by atoms with Crippen molar-refractivity contribution in [1.82, 2.24) is 15.6 Å². The summed E-state index contributed by atoms with van der Waals surface area (Å²) >= 11 is 1.41. The van der Waals surface area contributed by atoms with Crippen molar-refractivity contribution in [3.63, 3.8) is 0 Å². The number of hydrogen-bond donors (Lipinski definition) is 2. The van der Waals surface area contributed by atoms with Crippen LogP contribution in [-0.4, -0.2) is 28.9 Å². The molecule has 2 N–H and O–H groups in total. The molecule has 3 aromatic rings. The molecule has 0 unspecified atom stereocenters. The van der Waals surface area contributed by atoms with E-state index in [1.165, 1.54) is 16.9 Å². The van der Waals surface area contributed by atoms with Gasteiger partial charge in [0.05, 0.1) is 0 Å². The van der Waals surface area contributed by atoms with Crippen LogP contribution in [0.3, 0.4) is 0 Å². The Kier molecular flexibility index (Phi) is 8.90. The summed E-state index contributed by atoms with van der Waals surface area (Å²) in [5, 5.41) is 8.77. The summed E-state index contributed by atoms with van der Waals surface area (Å²) in [4.78, 5) is 30.2. The second kappa shape index (κ2) is 12.5. The van der Waals surface area contributed by atoms with Crippen LogP contribution in [0.1, 0.15) is 76.9 Å². The SMILES string of the molecule is CCCCc1ccc(C(=O)N[C@H]2CCCC[C@@H]2NC(=O)c2csc(COc3ccccc3)n2)cc1. The van der Waals surface area contributed by atoms with E-state index in [2.05, 4.69) is 22.5 Å². The first-order valence-corrected chi connectivity index (χ1v) is 13.3. The molecule has 1 aliphatic carbocycles. The number of benzene rings is 2. The van der Waals surface area contributed by atoms with Crippen molar-refractivity contribution in [3.8, 4) is 5.75 Å². The monoisotopic (exact) mass is 491 g/mol. The third kappa shape index (κ3) is 7.15. The molecule has 0 radical (unpaired) electrons. The maximum atomic E-state index is 12.9. The summed E-state index contributed by atoms with van der Waals surface area (Å²) in [6.07, 6.45) is 7.07. The largest absolute Gasteiger partial charge is 0.486 e. The lowest BCUT2D eigenvalue weighted by atomic mass is 9.90. The molecule has 4 rings (SSSR count). The fourth-order valence-corrected chi connectivity index (χ4v) is 5.00.